The lowest BCUT2D eigenvalue weighted by atomic mass is 9.65. The van der Waals surface area contributed by atoms with Crippen LogP contribution in [0.1, 0.15) is 49.4 Å². The molecule has 3 rings (SSSR count). The van der Waals surface area contributed by atoms with Crippen LogP contribution in [0.15, 0.2) is 42.0 Å². The third-order valence-electron chi connectivity index (χ3n) is 4.91. The van der Waals surface area contributed by atoms with Crippen LogP contribution in [0.4, 0.5) is 0 Å². The van der Waals surface area contributed by atoms with E-state index in [0.717, 1.165) is 32.1 Å². The maximum atomic E-state index is 12.1. The summed E-state index contributed by atoms with van der Waals surface area (Å²) in [5, 5.41) is 9.82. The van der Waals surface area contributed by atoms with Crippen LogP contribution in [0.5, 0.6) is 0 Å². The van der Waals surface area contributed by atoms with Crippen molar-refractivity contribution in [1.29, 1.82) is 0 Å². The molecule has 0 heterocycles. The Bertz CT molecular complexity index is 549. The third-order valence-corrected chi connectivity index (χ3v) is 4.91. The van der Waals surface area contributed by atoms with Crippen molar-refractivity contribution in [2.24, 2.45) is 5.41 Å². The number of ether oxygens (including phenoxy) is 1. The number of hydrogen-bond donors (Lipinski definition) is 1. The van der Waals surface area contributed by atoms with Crippen molar-refractivity contribution in [3.05, 3.63) is 47.5 Å². The number of carbonyl (C=O) groups is 1. The van der Waals surface area contributed by atoms with E-state index < -0.39 is 0 Å². The molecule has 1 fully saturated rings. The maximum Gasteiger partial charge on any atom is 0.338 e. The van der Waals surface area contributed by atoms with Gasteiger partial charge in [0, 0.05) is 6.42 Å². The van der Waals surface area contributed by atoms with E-state index in [-0.39, 0.29) is 23.6 Å². The molecule has 1 N–H and O–H groups in total. The summed E-state index contributed by atoms with van der Waals surface area (Å²) < 4.78 is 5.65. The first kappa shape index (κ1) is 14.3. The Morgan fingerprint density at radius 3 is 2.71 bits per heavy atom. The second-order valence-electron chi connectivity index (χ2n) is 6.49. The molecule has 1 aromatic rings. The molecule has 21 heavy (non-hydrogen) atoms. The van der Waals surface area contributed by atoms with E-state index in [2.05, 4.69) is 6.92 Å². The highest BCUT2D eigenvalue weighted by Crippen LogP contribution is 2.47. The third kappa shape index (κ3) is 3.03. The molecule has 2 aliphatic rings. The Balaban J connectivity index is 1.68. The number of aliphatic hydroxyl groups excluding tert-OH is 1. The van der Waals surface area contributed by atoms with Gasteiger partial charge in [0.25, 0.3) is 0 Å². The number of fused-ring (bicyclic) bond motifs is 1. The van der Waals surface area contributed by atoms with Crippen molar-refractivity contribution in [3.8, 4) is 0 Å². The molecule has 0 radical (unpaired) electrons. The van der Waals surface area contributed by atoms with Crippen molar-refractivity contribution < 1.29 is 14.6 Å². The molecule has 2 aliphatic carbocycles. The van der Waals surface area contributed by atoms with Crippen LogP contribution in [-0.2, 0) is 4.74 Å². The van der Waals surface area contributed by atoms with Gasteiger partial charge in [0.1, 0.15) is 6.10 Å². The zero-order valence-electron chi connectivity index (χ0n) is 12.4. The summed E-state index contributed by atoms with van der Waals surface area (Å²) in [4.78, 5) is 12.1. The van der Waals surface area contributed by atoms with Crippen molar-refractivity contribution >= 4 is 5.97 Å². The molecule has 3 atom stereocenters. The first-order valence-electron chi connectivity index (χ1n) is 7.72. The number of benzene rings is 1. The van der Waals surface area contributed by atoms with Crippen molar-refractivity contribution in [3.63, 3.8) is 0 Å². The fraction of sp³-hybridized carbons (Fsp3) is 0.500. The monoisotopic (exact) mass is 286 g/mol. The fourth-order valence-corrected chi connectivity index (χ4v) is 3.46. The Morgan fingerprint density at radius 2 is 1.95 bits per heavy atom. The molecule has 0 saturated heterocycles. The van der Waals surface area contributed by atoms with Gasteiger partial charge < -0.3 is 9.84 Å². The first-order valence-corrected chi connectivity index (χ1v) is 7.72. The Labute approximate surface area is 125 Å². The summed E-state index contributed by atoms with van der Waals surface area (Å²) in [5.74, 6) is -0.249. The normalized spacial score (nSPS) is 32.0. The molecule has 1 aromatic carbocycles. The molecule has 0 aliphatic heterocycles. The molecule has 0 bridgehead atoms. The van der Waals surface area contributed by atoms with Crippen LogP contribution in [-0.4, -0.2) is 23.3 Å². The highest BCUT2D eigenvalue weighted by molar-refractivity contribution is 5.89. The number of hydrogen-bond acceptors (Lipinski definition) is 3. The van der Waals surface area contributed by atoms with Crippen LogP contribution >= 0.6 is 0 Å². The lowest BCUT2D eigenvalue weighted by Crippen LogP contribution is -2.36. The second-order valence-corrected chi connectivity index (χ2v) is 6.49. The zero-order chi connectivity index (χ0) is 14.9. The molecule has 0 aromatic heterocycles. The fourth-order valence-electron chi connectivity index (χ4n) is 3.46. The minimum Gasteiger partial charge on any atom is -0.458 e. The van der Waals surface area contributed by atoms with Crippen LogP contribution in [0.2, 0.25) is 0 Å². The predicted octanol–water partition coefficient (Wildman–Crippen LogP) is 3.48. The molecule has 0 amide bonds. The van der Waals surface area contributed by atoms with Gasteiger partial charge in [-0.3, -0.25) is 0 Å². The molecule has 3 heteroatoms. The summed E-state index contributed by atoms with van der Waals surface area (Å²) in [6, 6.07) is 9.12. The highest BCUT2D eigenvalue weighted by Gasteiger charge is 2.39. The van der Waals surface area contributed by atoms with Gasteiger partial charge in [-0.05, 0) is 43.2 Å². The Hall–Kier alpha value is -1.61. The van der Waals surface area contributed by atoms with E-state index in [1.54, 1.807) is 12.1 Å². The lowest BCUT2D eigenvalue weighted by molar-refractivity contribution is 0.0155. The Kier molecular flexibility index (Phi) is 3.85. The van der Waals surface area contributed by atoms with E-state index in [4.69, 9.17) is 4.74 Å². The zero-order valence-corrected chi connectivity index (χ0v) is 12.4. The predicted molar refractivity (Wildman–Crippen MR) is 80.9 cm³/mol. The standard InChI is InChI=1S/C18H22O3/c1-18-9-7-15(19)11-14(18)12-16(8-10-18)21-17(20)13-5-3-2-4-6-13/h2-6,11,15-16,19H,7-10,12H2,1H3/t15-,16+,18+/m1/s1. The van der Waals surface area contributed by atoms with Gasteiger partial charge >= 0.3 is 5.97 Å². The van der Waals surface area contributed by atoms with E-state index in [0.29, 0.717) is 5.56 Å². The van der Waals surface area contributed by atoms with Gasteiger partial charge in [0.05, 0.1) is 11.7 Å². The molecule has 0 unspecified atom stereocenters. The summed E-state index contributed by atoms with van der Waals surface area (Å²) in [5.41, 5.74) is 2.05. The van der Waals surface area contributed by atoms with Crippen molar-refractivity contribution in [2.75, 3.05) is 0 Å². The molecule has 3 nitrogen and oxygen atoms in total. The number of aliphatic hydroxyl groups is 1. The van der Waals surface area contributed by atoms with Crippen LogP contribution in [0.3, 0.4) is 0 Å². The van der Waals surface area contributed by atoms with Gasteiger partial charge in [-0.25, -0.2) is 4.79 Å². The maximum absolute atomic E-state index is 12.1. The van der Waals surface area contributed by atoms with Gasteiger partial charge in [0.2, 0.25) is 0 Å². The summed E-state index contributed by atoms with van der Waals surface area (Å²) >= 11 is 0. The molecule has 1 saturated carbocycles. The van der Waals surface area contributed by atoms with Gasteiger partial charge in [-0.2, -0.15) is 0 Å². The quantitative estimate of drug-likeness (QED) is 0.669. The number of carbonyl (C=O) groups excluding carboxylic acids is 1. The number of rotatable bonds is 2. The smallest absolute Gasteiger partial charge is 0.338 e. The molecular weight excluding hydrogens is 264 g/mol. The minimum absolute atomic E-state index is 0.0673. The molecular formula is C18H22O3. The molecule has 112 valence electrons. The topological polar surface area (TPSA) is 46.5 Å². The Morgan fingerprint density at radius 1 is 1.24 bits per heavy atom. The second kappa shape index (κ2) is 5.64. The SMILES string of the molecule is C[C@]12CC[C@H](OC(=O)c3ccccc3)CC1=C[C@H](O)CC2. The van der Waals surface area contributed by atoms with E-state index >= 15 is 0 Å². The van der Waals surface area contributed by atoms with Crippen molar-refractivity contribution in [2.45, 2.75) is 51.2 Å². The summed E-state index contributed by atoms with van der Waals surface area (Å²) in [7, 11) is 0. The van der Waals surface area contributed by atoms with Gasteiger partial charge in [0.15, 0.2) is 0 Å². The number of esters is 1. The average molecular weight is 286 g/mol. The average Bonchev–Trinajstić information content (AvgIpc) is 2.49. The van der Waals surface area contributed by atoms with Crippen LogP contribution < -0.4 is 0 Å². The van der Waals surface area contributed by atoms with Gasteiger partial charge in [-0.15, -0.1) is 0 Å². The minimum atomic E-state index is -0.336. The van der Waals surface area contributed by atoms with Crippen LogP contribution in [0, 0.1) is 5.41 Å². The van der Waals surface area contributed by atoms with Crippen LogP contribution in [0.25, 0.3) is 0 Å². The summed E-state index contributed by atoms with van der Waals surface area (Å²) in [6.07, 6.45) is 6.13. The van der Waals surface area contributed by atoms with Crippen molar-refractivity contribution in [1.82, 2.24) is 0 Å². The summed E-state index contributed by atoms with van der Waals surface area (Å²) in [6.45, 7) is 2.26. The lowest BCUT2D eigenvalue weighted by Gasteiger charge is -2.43. The van der Waals surface area contributed by atoms with E-state index in [9.17, 15) is 9.90 Å². The van der Waals surface area contributed by atoms with E-state index in [1.165, 1.54) is 5.57 Å². The highest BCUT2D eigenvalue weighted by atomic mass is 16.5. The largest absolute Gasteiger partial charge is 0.458 e. The van der Waals surface area contributed by atoms with E-state index in [1.807, 2.05) is 24.3 Å². The molecule has 0 spiro atoms. The van der Waals surface area contributed by atoms with Gasteiger partial charge in [-0.1, -0.05) is 36.8 Å². The first-order chi connectivity index (χ1) is 10.1.